The Morgan fingerprint density at radius 3 is 2.53 bits per heavy atom. The molecule has 1 aliphatic rings. The highest BCUT2D eigenvalue weighted by molar-refractivity contribution is 6.05. The first-order valence-electron chi connectivity index (χ1n) is 10.2. The lowest BCUT2D eigenvalue weighted by Gasteiger charge is -2.26. The van der Waals surface area contributed by atoms with Crippen molar-refractivity contribution in [3.05, 3.63) is 72.2 Å². The number of benzene rings is 1. The summed E-state index contributed by atoms with van der Waals surface area (Å²) in [7, 11) is 0. The third-order valence-corrected chi connectivity index (χ3v) is 5.25. The van der Waals surface area contributed by atoms with Gasteiger partial charge < -0.3 is 15.0 Å². The Labute approximate surface area is 182 Å². The van der Waals surface area contributed by atoms with E-state index < -0.39 is 0 Å². The van der Waals surface area contributed by atoms with Crippen LogP contribution < -0.4 is 10.2 Å². The smallest absolute Gasteiger partial charge is 0.253 e. The number of rotatable bonds is 5. The molecule has 3 aromatic heterocycles. The third-order valence-electron chi connectivity index (χ3n) is 5.25. The van der Waals surface area contributed by atoms with Crippen LogP contribution >= 0.6 is 0 Å². The molecule has 0 spiro atoms. The molecule has 0 atom stereocenters. The van der Waals surface area contributed by atoms with E-state index in [9.17, 15) is 9.18 Å². The van der Waals surface area contributed by atoms with Crippen molar-refractivity contribution in [3.63, 3.8) is 0 Å². The summed E-state index contributed by atoms with van der Waals surface area (Å²) in [4.78, 5) is 27.9. The summed E-state index contributed by atoms with van der Waals surface area (Å²) in [5.74, 6) is 0.0509. The summed E-state index contributed by atoms with van der Waals surface area (Å²) in [5, 5.41) is 7.89. The molecule has 0 saturated carbocycles. The highest BCUT2D eigenvalue weighted by Gasteiger charge is 2.16. The Morgan fingerprint density at radius 2 is 1.78 bits per heavy atom. The number of hydrogen-bond donors (Lipinski definition) is 1. The van der Waals surface area contributed by atoms with Gasteiger partial charge in [0, 0.05) is 49.2 Å². The number of carbonyl (C=O) groups is 1. The second-order valence-electron chi connectivity index (χ2n) is 7.33. The van der Waals surface area contributed by atoms with E-state index in [0.717, 1.165) is 18.7 Å². The zero-order valence-corrected chi connectivity index (χ0v) is 17.1. The lowest BCUT2D eigenvalue weighted by molar-refractivity contribution is 0.0952. The van der Waals surface area contributed by atoms with Crippen molar-refractivity contribution in [2.24, 2.45) is 0 Å². The molecule has 10 heteroatoms. The highest BCUT2D eigenvalue weighted by atomic mass is 19.1. The minimum atomic E-state index is -0.328. The SMILES string of the molecule is O=C(NCc1cnc(N2CCOCC2)nc1)c1cncc2c1cnn2-c1ccc(F)cc1. The summed E-state index contributed by atoms with van der Waals surface area (Å²) in [6.45, 7) is 3.14. The molecule has 1 saturated heterocycles. The van der Waals surface area contributed by atoms with E-state index in [1.807, 2.05) is 0 Å². The van der Waals surface area contributed by atoms with Gasteiger partial charge in [-0.3, -0.25) is 9.78 Å². The molecule has 1 aromatic carbocycles. The van der Waals surface area contributed by atoms with Gasteiger partial charge in [0.1, 0.15) is 5.82 Å². The van der Waals surface area contributed by atoms with E-state index in [1.165, 1.54) is 18.3 Å². The maximum atomic E-state index is 13.2. The number of nitrogens with one attached hydrogen (secondary N) is 1. The molecule has 1 fully saturated rings. The Balaban J connectivity index is 1.30. The monoisotopic (exact) mass is 433 g/mol. The van der Waals surface area contributed by atoms with Crippen LogP contribution in [0.2, 0.25) is 0 Å². The third kappa shape index (κ3) is 4.00. The van der Waals surface area contributed by atoms with E-state index in [1.54, 1.807) is 41.6 Å². The van der Waals surface area contributed by atoms with Crippen molar-refractivity contribution in [1.82, 2.24) is 30.0 Å². The number of morpholine rings is 1. The molecule has 4 heterocycles. The van der Waals surface area contributed by atoms with Crippen molar-refractivity contribution >= 4 is 22.8 Å². The van der Waals surface area contributed by atoms with Crippen LogP contribution in [0.4, 0.5) is 10.3 Å². The van der Waals surface area contributed by atoms with Crippen LogP contribution in [-0.2, 0) is 11.3 Å². The van der Waals surface area contributed by atoms with Gasteiger partial charge >= 0.3 is 0 Å². The predicted molar refractivity (Wildman–Crippen MR) is 115 cm³/mol. The first-order valence-corrected chi connectivity index (χ1v) is 10.2. The molecule has 0 unspecified atom stereocenters. The molecule has 162 valence electrons. The fourth-order valence-corrected chi connectivity index (χ4v) is 3.55. The maximum absolute atomic E-state index is 13.2. The number of halogens is 1. The lowest BCUT2D eigenvalue weighted by atomic mass is 10.1. The Hall–Kier alpha value is -3.92. The van der Waals surface area contributed by atoms with Gasteiger partial charge in [-0.05, 0) is 24.3 Å². The molecule has 0 aliphatic carbocycles. The summed E-state index contributed by atoms with van der Waals surface area (Å²) in [5.41, 5.74) is 2.53. The first kappa shape index (κ1) is 20.0. The summed E-state index contributed by atoms with van der Waals surface area (Å²) in [6, 6.07) is 5.96. The quantitative estimate of drug-likeness (QED) is 0.515. The minimum absolute atomic E-state index is 0.279. The standard InChI is InChI=1S/C22H20FN7O2/c23-16-1-3-17(4-2-16)30-20-14-24-12-19(18(20)13-28-30)21(31)25-9-15-10-26-22(27-11-15)29-5-7-32-8-6-29/h1-4,10-14H,5-9H2,(H,25,31). The predicted octanol–water partition coefficient (Wildman–Crippen LogP) is 2.12. The molecule has 1 amide bonds. The normalized spacial score (nSPS) is 14.0. The molecule has 0 bridgehead atoms. The van der Waals surface area contributed by atoms with Gasteiger partial charge in [0.05, 0.1) is 42.4 Å². The number of hydrogen-bond acceptors (Lipinski definition) is 7. The number of aromatic nitrogens is 5. The Bertz CT molecular complexity index is 1240. The largest absolute Gasteiger partial charge is 0.378 e. The zero-order valence-electron chi connectivity index (χ0n) is 17.1. The van der Waals surface area contributed by atoms with Crippen LogP contribution in [0.5, 0.6) is 0 Å². The average Bonchev–Trinajstić information content (AvgIpc) is 3.28. The van der Waals surface area contributed by atoms with Crippen molar-refractivity contribution in [2.45, 2.75) is 6.54 Å². The number of carbonyl (C=O) groups excluding carboxylic acids is 1. The van der Waals surface area contributed by atoms with Crippen LogP contribution in [0.15, 0.2) is 55.2 Å². The van der Waals surface area contributed by atoms with Crippen molar-refractivity contribution in [2.75, 3.05) is 31.2 Å². The number of nitrogens with zero attached hydrogens (tertiary/aromatic N) is 6. The van der Waals surface area contributed by atoms with E-state index in [0.29, 0.717) is 41.3 Å². The number of ether oxygens (including phenoxy) is 1. The summed E-state index contributed by atoms with van der Waals surface area (Å²) < 4.78 is 20.2. The van der Waals surface area contributed by atoms with E-state index in [4.69, 9.17) is 4.74 Å². The average molecular weight is 433 g/mol. The van der Waals surface area contributed by atoms with Crippen LogP contribution in [0, 0.1) is 5.82 Å². The number of amides is 1. The van der Waals surface area contributed by atoms with Gasteiger partial charge in [-0.1, -0.05) is 0 Å². The number of pyridine rings is 1. The van der Waals surface area contributed by atoms with Gasteiger partial charge in [-0.25, -0.2) is 19.0 Å². The van der Waals surface area contributed by atoms with Crippen molar-refractivity contribution in [3.8, 4) is 5.69 Å². The fraction of sp³-hybridized carbons (Fsp3) is 0.227. The molecule has 0 radical (unpaired) electrons. The molecular formula is C22H20FN7O2. The minimum Gasteiger partial charge on any atom is -0.378 e. The highest BCUT2D eigenvalue weighted by Crippen LogP contribution is 2.21. The van der Waals surface area contributed by atoms with Crippen LogP contribution in [-0.4, -0.2) is 56.9 Å². The van der Waals surface area contributed by atoms with Gasteiger partial charge in [0.2, 0.25) is 5.95 Å². The topological polar surface area (TPSA) is 98.1 Å². The number of fused-ring (bicyclic) bond motifs is 1. The summed E-state index contributed by atoms with van der Waals surface area (Å²) >= 11 is 0. The van der Waals surface area contributed by atoms with Crippen molar-refractivity contribution in [1.29, 1.82) is 0 Å². The lowest BCUT2D eigenvalue weighted by Crippen LogP contribution is -2.37. The van der Waals surface area contributed by atoms with E-state index in [-0.39, 0.29) is 18.3 Å². The van der Waals surface area contributed by atoms with Crippen LogP contribution in [0.25, 0.3) is 16.6 Å². The second kappa shape index (κ2) is 8.67. The maximum Gasteiger partial charge on any atom is 0.253 e. The van der Waals surface area contributed by atoms with Crippen LogP contribution in [0.1, 0.15) is 15.9 Å². The molecule has 9 nitrogen and oxygen atoms in total. The van der Waals surface area contributed by atoms with Gasteiger partial charge in [-0.15, -0.1) is 0 Å². The van der Waals surface area contributed by atoms with E-state index >= 15 is 0 Å². The van der Waals surface area contributed by atoms with Crippen molar-refractivity contribution < 1.29 is 13.9 Å². The van der Waals surface area contributed by atoms with Gasteiger partial charge in [0.15, 0.2) is 0 Å². The Kier molecular flexibility index (Phi) is 5.42. The van der Waals surface area contributed by atoms with Gasteiger partial charge in [-0.2, -0.15) is 5.10 Å². The molecule has 32 heavy (non-hydrogen) atoms. The second-order valence-corrected chi connectivity index (χ2v) is 7.33. The molecule has 1 aliphatic heterocycles. The number of anilines is 1. The molecule has 5 rings (SSSR count). The van der Waals surface area contributed by atoms with E-state index in [2.05, 4.69) is 30.3 Å². The molecular weight excluding hydrogens is 413 g/mol. The zero-order chi connectivity index (χ0) is 21.9. The molecule has 1 N–H and O–H groups in total. The fourth-order valence-electron chi connectivity index (χ4n) is 3.55. The molecule has 4 aromatic rings. The van der Waals surface area contributed by atoms with Gasteiger partial charge in [0.25, 0.3) is 5.91 Å². The Morgan fingerprint density at radius 1 is 1.03 bits per heavy atom. The summed E-state index contributed by atoms with van der Waals surface area (Å²) in [6.07, 6.45) is 8.16. The first-order chi connectivity index (χ1) is 15.7. The van der Waals surface area contributed by atoms with Crippen LogP contribution in [0.3, 0.4) is 0 Å².